The molecule has 2 aromatic carbocycles. The molecule has 0 saturated carbocycles. The minimum atomic E-state index is -0.248. The maximum atomic E-state index is 13.6. The number of carbonyl (C=O) groups excluding carboxylic acids is 2. The number of amides is 2. The Kier molecular flexibility index (Phi) is 6.72. The summed E-state index contributed by atoms with van der Waals surface area (Å²) in [5, 5.41) is 0. The van der Waals surface area contributed by atoms with Crippen molar-refractivity contribution in [2.75, 3.05) is 20.2 Å². The first-order chi connectivity index (χ1) is 15.9. The Hall–Kier alpha value is -3.28. The summed E-state index contributed by atoms with van der Waals surface area (Å²) in [5.74, 6) is 1.64. The number of likely N-dealkylation sites (tertiary alicyclic amines) is 1. The molecule has 2 heterocycles. The van der Waals surface area contributed by atoms with Gasteiger partial charge in [-0.05, 0) is 68.0 Å². The molecule has 2 amide bonds. The number of hydrogen-bond donors (Lipinski definition) is 0. The van der Waals surface area contributed by atoms with E-state index in [1.807, 2.05) is 62.4 Å². The van der Waals surface area contributed by atoms with Gasteiger partial charge >= 0.3 is 0 Å². The van der Waals surface area contributed by atoms with Gasteiger partial charge < -0.3 is 14.4 Å². The van der Waals surface area contributed by atoms with Gasteiger partial charge in [-0.3, -0.25) is 14.5 Å². The van der Waals surface area contributed by atoms with Gasteiger partial charge in [0.15, 0.2) is 0 Å². The summed E-state index contributed by atoms with van der Waals surface area (Å²) in [6.45, 7) is 7.98. The predicted molar refractivity (Wildman–Crippen MR) is 128 cm³/mol. The molecule has 0 unspecified atom stereocenters. The highest BCUT2D eigenvalue weighted by Gasteiger charge is 2.42. The quantitative estimate of drug-likeness (QED) is 0.584. The van der Waals surface area contributed by atoms with Gasteiger partial charge in [-0.2, -0.15) is 0 Å². The fraction of sp³-hybridized carbons (Fsp3) is 0.407. The first kappa shape index (κ1) is 22.9. The normalized spacial score (nSPS) is 17.4. The van der Waals surface area contributed by atoms with Crippen LogP contribution in [0.25, 0.3) is 5.57 Å². The van der Waals surface area contributed by atoms with Crippen molar-refractivity contribution in [1.29, 1.82) is 0 Å². The van der Waals surface area contributed by atoms with Crippen LogP contribution in [0, 0.1) is 5.92 Å². The molecule has 6 heteroatoms. The molecule has 33 heavy (non-hydrogen) atoms. The second-order valence-electron chi connectivity index (χ2n) is 9.13. The molecule has 1 fully saturated rings. The molecule has 0 aromatic heterocycles. The third kappa shape index (κ3) is 4.90. The van der Waals surface area contributed by atoms with Crippen molar-refractivity contribution in [2.45, 2.75) is 46.3 Å². The van der Waals surface area contributed by atoms with Crippen molar-refractivity contribution in [3.05, 3.63) is 65.4 Å². The topological polar surface area (TPSA) is 59.1 Å². The lowest BCUT2D eigenvalue weighted by Crippen LogP contribution is -2.38. The van der Waals surface area contributed by atoms with E-state index in [1.54, 1.807) is 7.11 Å². The molecule has 2 aromatic rings. The van der Waals surface area contributed by atoms with Crippen LogP contribution in [0.4, 0.5) is 0 Å². The molecule has 2 aliphatic heterocycles. The Morgan fingerprint density at radius 2 is 1.52 bits per heavy atom. The van der Waals surface area contributed by atoms with E-state index >= 15 is 0 Å². The Morgan fingerprint density at radius 3 is 2.09 bits per heavy atom. The molecule has 0 bridgehead atoms. The number of rotatable bonds is 7. The van der Waals surface area contributed by atoms with Gasteiger partial charge in [0.2, 0.25) is 0 Å². The molecular formula is C27H32N2O4. The van der Waals surface area contributed by atoms with Gasteiger partial charge in [-0.15, -0.1) is 0 Å². The lowest BCUT2D eigenvalue weighted by atomic mass is 9.97. The summed E-state index contributed by atoms with van der Waals surface area (Å²) in [4.78, 5) is 30.6. The monoisotopic (exact) mass is 448 g/mol. The van der Waals surface area contributed by atoms with E-state index in [2.05, 4.69) is 11.8 Å². The number of methoxy groups -OCH3 is 1. The lowest BCUT2D eigenvalue weighted by Gasteiger charge is -2.32. The van der Waals surface area contributed by atoms with Crippen LogP contribution in [-0.2, 0) is 16.1 Å². The number of nitrogens with zero attached hydrogens (tertiary/aromatic N) is 2. The van der Waals surface area contributed by atoms with Crippen molar-refractivity contribution in [1.82, 2.24) is 9.80 Å². The van der Waals surface area contributed by atoms with Gasteiger partial charge in [0.05, 0.1) is 25.3 Å². The molecule has 6 nitrogen and oxygen atoms in total. The molecule has 0 N–H and O–H groups in total. The van der Waals surface area contributed by atoms with Crippen LogP contribution in [0.15, 0.2) is 54.2 Å². The van der Waals surface area contributed by atoms with Crippen LogP contribution in [0.3, 0.4) is 0 Å². The van der Waals surface area contributed by atoms with Crippen LogP contribution >= 0.6 is 0 Å². The highest BCUT2D eigenvalue weighted by Crippen LogP contribution is 2.35. The van der Waals surface area contributed by atoms with E-state index in [0.29, 0.717) is 17.2 Å². The zero-order valence-corrected chi connectivity index (χ0v) is 19.8. The highest BCUT2D eigenvalue weighted by atomic mass is 16.5. The SMILES string of the molecule is COc1ccc(CN2C(=O)C(c3ccc(OC(C)C)cc3)=C(N3CCC(C)CC3)C2=O)cc1. The lowest BCUT2D eigenvalue weighted by molar-refractivity contribution is -0.138. The Labute approximate surface area is 195 Å². The smallest absolute Gasteiger partial charge is 0.278 e. The minimum absolute atomic E-state index is 0.0654. The highest BCUT2D eigenvalue weighted by molar-refractivity contribution is 6.35. The summed E-state index contributed by atoms with van der Waals surface area (Å²) in [7, 11) is 1.61. The maximum absolute atomic E-state index is 13.6. The van der Waals surface area contributed by atoms with Crippen LogP contribution in [-0.4, -0.2) is 47.9 Å². The Balaban J connectivity index is 1.66. The zero-order valence-electron chi connectivity index (χ0n) is 19.8. The van der Waals surface area contributed by atoms with Crippen LogP contribution in [0.5, 0.6) is 11.5 Å². The van der Waals surface area contributed by atoms with Crippen molar-refractivity contribution < 1.29 is 19.1 Å². The van der Waals surface area contributed by atoms with E-state index in [9.17, 15) is 9.59 Å². The summed E-state index contributed by atoms with van der Waals surface area (Å²) in [6, 6.07) is 14.9. The molecule has 1 saturated heterocycles. The first-order valence-corrected chi connectivity index (χ1v) is 11.6. The molecule has 0 atom stereocenters. The van der Waals surface area contributed by atoms with Gasteiger partial charge in [-0.1, -0.05) is 31.2 Å². The number of ether oxygens (including phenoxy) is 2. The number of piperidine rings is 1. The van der Waals surface area contributed by atoms with E-state index in [-0.39, 0.29) is 24.5 Å². The number of benzene rings is 2. The van der Waals surface area contributed by atoms with E-state index in [4.69, 9.17) is 9.47 Å². The largest absolute Gasteiger partial charge is 0.497 e. The molecule has 0 radical (unpaired) electrons. The summed E-state index contributed by atoms with van der Waals surface area (Å²) >= 11 is 0. The van der Waals surface area contributed by atoms with Crippen molar-refractivity contribution >= 4 is 17.4 Å². The molecule has 2 aliphatic rings. The fourth-order valence-corrected chi connectivity index (χ4v) is 4.38. The Bertz CT molecular complexity index is 1030. The van der Waals surface area contributed by atoms with Crippen molar-refractivity contribution in [2.24, 2.45) is 5.92 Å². The number of carbonyl (C=O) groups is 2. The van der Waals surface area contributed by atoms with E-state index in [1.165, 1.54) is 4.90 Å². The van der Waals surface area contributed by atoms with Gasteiger partial charge in [0.25, 0.3) is 11.8 Å². The van der Waals surface area contributed by atoms with Gasteiger partial charge in [-0.25, -0.2) is 0 Å². The van der Waals surface area contributed by atoms with Crippen molar-refractivity contribution in [3.63, 3.8) is 0 Å². The summed E-state index contributed by atoms with van der Waals surface area (Å²) in [5.41, 5.74) is 2.64. The predicted octanol–water partition coefficient (Wildman–Crippen LogP) is 4.49. The first-order valence-electron chi connectivity index (χ1n) is 11.6. The second-order valence-corrected chi connectivity index (χ2v) is 9.13. The molecule has 174 valence electrons. The van der Waals surface area contributed by atoms with Crippen LogP contribution in [0.2, 0.25) is 0 Å². The molecule has 0 spiro atoms. The van der Waals surface area contributed by atoms with E-state index in [0.717, 1.165) is 48.6 Å². The summed E-state index contributed by atoms with van der Waals surface area (Å²) < 4.78 is 11.0. The van der Waals surface area contributed by atoms with Crippen LogP contribution < -0.4 is 9.47 Å². The third-order valence-corrected chi connectivity index (χ3v) is 6.26. The maximum Gasteiger partial charge on any atom is 0.278 e. The number of imide groups is 1. The Morgan fingerprint density at radius 1 is 0.909 bits per heavy atom. The van der Waals surface area contributed by atoms with Crippen LogP contribution in [0.1, 0.15) is 44.7 Å². The van der Waals surface area contributed by atoms with Gasteiger partial charge in [0.1, 0.15) is 17.2 Å². The fourth-order valence-electron chi connectivity index (χ4n) is 4.38. The number of hydrogen-bond acceptors (Lipinski definition) is 5. The molecule has 0 aliphatic carbocycles. The average molecular weight is 449 g/mol. The zero-order chi connectivity index (χ0) is 23.5. The standard InChI is InChI=1S/C27H32N2O4/c1-18(2)33-23-11-7-21(8-12-23)24-25(28-15-13-19(3)14-16-28)27(31)29(26(24)30)17-20-5-9-22(32-4)10-6-20/h5-12,18-19H,13-17H2,1-4H3. The van der Waals surface area contributed by atoms with E-state index < -0.39 is 0 Å². The average Bonchev–Trinajstić information content (AvgIpc) is 3.05. The van der Waals surface area contributed by atoms with Crippen molar-refractivity contribution in [3.8, 4) is 11.5 Å². The minimum Gasteiger partial charge on any atom is -0.497 e. The van der Waals surface area contributed by atoms with Gasteiger partial charge in [0, 0.05) is 13.1 Å². The molecule has 4 rings (SSSR count). The second kappa shape index (κ2) is 9.69. The third-order valence-electron chi connectivity index (χ3n) is 6.26. The molecular weight excluding hydrogens is 416 g/mol. The summed E-state index contributed by atoms with van der Waals surface area (Å²) in [6.07, 6.45) is 2.09.